The molecule has 2 unspecified atom stereocenters. The van der Waals surface area contributed by atoms with Crippen LogP contribution in [0.4, 0.5) is 0 Å². The van der Waals surface area contributed by atoms with E-state index in [9.17, 15) is 19.8 Å². The van der Waals surface area contributed by atoms with Crippen LogP contribution in [-0.2, 0) is 14.3 Å². The summed E-state index contributed by atoms with van der Waals surface area (Å²) in [6, 6.07) is -0.540. The summed E-state index contributed by atoms with van der Waals surface area (Å²) in [5, 5.41) is 23.2. The highest BCUT2D eigenvalue weighted by Gasteiger charge is 2.20. The van der Waals surface area contributed by atoms with Gasteiger partial charge in [-0.15, -0.1) is 0 Å². The van der Waals surface area contributed by atoms with Crippen molar-refractivity contribution in [2.24, 2.45) is 0 Å². The first-order valence-electron chi connectivity index (χ1n) is 30.4. The van der Waals surface area contributed by atoms with Gasteiger partial charge in [0.05, 0.1) is 25.4 Å². The van der Waals surface area contributed by atoms with Crippen molar-refractivity contribution in [3.8, 4) is 0 Å². The van der Waals surface area contributed by atoms with Gasteiger partial charge in [0.25, 0.3) is 0 Å². The second-order valence-corrected chi connectivity index (χ2v) is 21.0. The third-order valence-corrected chi connectivity index (χ3v) is 14.3. The maximum atomic E-state index is 12.5. The monoisotopic (exact) mass is 946 g/mol. The smallest absolute Gasteiger partial charge is 0.305 e. The number of nitrogens with one attached hydrogen (secondary N) is 1. The van der Waals surface area contributed by atoms with E-state index in [0.717, 1.165) is 44.9 Å². The molecule has 398 valence electrons. The lowest BCUT2D eigenvalue weighted by molar-refractivity contribution is -0.143. The fraction of sp³-hybridized carbons (Fsp3) is 0.934. The van der Waals surface area contributed by atoms with Crippen molar-refractivity contribution in [2.75, 3.05) is 13.2 Å². The SMILES string of the molecule is CCCCCCCC/C=C\CCCCCCCCCC(=O)OCCCCCCCCCCCCCCCCCCCCCCCC(=O)NC(CO)C(O)CCCCCCCCCCCCCC. The molecule has 0 aromatic heterocycles. The summed E-state index contributed by atoms with van der Waals surface area (Å²) >= 11 is 0. The molecule has 0 heterocycles. The van der Waals surface area contributed by atoms with E-state index in [-0.39, 0.29) is 18.5 Å². The van der Waals surface area contributed by atoms with Gasteiger partial charge in [-0.25, -0.2) is 0 Å². The molecule has 0 aromatic carbocycles. The summed E-state index contributed by atoms with van der Waals surface area (Å²) in [5.41, 5.74) is 0. The van der Waals surface area contributed by atoms with Crippen LogP contribution in [0.15, 0.2) is 12.2 Å². The molecule has 0 fully saturated rings. The zero-order valence-electron chi connectivity index (χ0n) is 45.4. The van der Waals surface area contributed by atoms with Gasteiger partial charge in [0, 0.05) is 12.8 Å². The Labute approximate surface area is 419 Å². The predicted octanol–water partition coefficient (Wildman–Crippen LogP) is 18.9. The third kappa shape index (κ3) is 53.8. The number of ether oxygens (including phenoxy) is 1. The predicted molar refractivity (Wildman–Crippen MR) is 292 cm³/mol. The molecule has 0 rings (SSSR count). The number of aliphatic hydroxyl groups is 2. The minimum Gasteiger partial charge on any atom is -0.466 e. The molecular formula is C61H119NO5. The molecular weight excluding hydrogens is 827 g/mol. The number of esters is 1. The Kier molecular flexibility index (Phi) is 56.0. The Morgan fingerprint density at radius 2 is 0.701 bits per heavy atom. The van der Waals surface area contributed by atoms with Crippen LogP contribution in [0.5, 0.6) is 0 Å². The van der Waals surface area contributed by atoms with Gasteiger partial charge < -0.3 is 20.3 Å². The van der Waals surface area contributed by atoms with Crippen molar-refractivity contribution in [3.05, 3.63) is 12.2 Å². The number of allylic oxidation sites excluding steroid dienone is 2. The lowest BCUT2D eigenvalue weighted by atomic mass is 10.0. The summed E-state index contributed by atoms with van der Waals surface area (Å²) in [7, 11) is 0. The van der Waals surface area contributed by atoms with Crippen molar-refractivity contribution in [1.29, 1.82) is 0 Å². The van der Waals surface area contributed by atoms with E-state index < -0.39 is 12.1 Å². The highest BCUT2D eigenvalue weighted by molar-refractivity contribution is 5.76. The molecule has 3 N–H and O–H groups in total. The standard InChI is InChI=1S/C61H119NO5/c1-3-5-7-9-11-13-15-17-18-24-28-31-35-39-43-47-51-55-61(66)67-56-52-48-44-40-36-32-29-26-23-21-19-20-22-25-27-30-34-38-42-46-50-54-60(65)62-58(57-63)59(64)53-49-45-41-37-33-16-14-12-10-8-6-4-2/h17-18,58-59,63-64H,3-16,19-57H2,1-2H3,(H,62,65)/b18-17-. The Hall–Kier alpha value is -1.40. The van der Waals surface area contributed by atoms with Crippen LogP contribution in [0.1, 0.15) is 341 Å². The number of amides is 1. The lowest BCUT2D eigenvalue weighted by Crippen LogP contribution is -2.45. The van der Waals surface area contributed by atoms with Crippen molar-refractivity contribution in [1.82, 2.24) is 5.32 Å². The molecule has 0 aliphatic rings. The van der Waals surface area contributed by atoms with Crippen molar-refractivity contribution in [3.63, 3.8) is 0 Å². The van der Waals surface area contributed by atoms with E-state index in [1.54, 1.807) is 0 Å². The first-order chi connectivity index (χ1) is 33.0. The molecule has 1 amide bonds. The van der Waals surface area contributed by atoms with E-state index in [1.807, 2.05) is 0 Å². The summed E-state index contributed by atoms with van der Waals surface area (Å²) in [5.74, 6) is -0.0257. The largest absolute Gasteiger partial charge is 0.466 e. The number of hydrogen-bond donors (Lipinski definition) is 3. The van der Waals surface area contributed by atoms with Gasteiger partial charge in [0.2, 0.25) is 5.91 Å². The third-order valence-electron chi connectivity index (χ3n) is 14.3. The quantitative estimate of drug-likeness (QED) is 0.0321. The fourth-order valence-corrected chi connectivity index (χ4v) is 9.64. The minimum absolute atomic E-state index is 0.00927. The zero-order valence-corrected chi connectivity index (χ0v) is 45.4. The van der Waals surface area contributed by atoms with E-state index in [4.69, 9.17) is 4.74 Å². The van der Waals surface area contributed by atoms with Crippen molar-refractivity contribution in [2.45, 2.75) is 353 Å². The second kappa shape index (κ2) is 57.2. The molecule has 67 heavy (non-hydrogen) atoms. The number of carbonyl (C=O) groups is 2. The highest BCUT2D eigenvalue weighted by Crippen LogP contribution is 2.18. The Balaban J connectivity index is 3.35. The second-order valence-electron chi connectivity index (χ2n) is 21.0. The van der Waals surface area contributed by atoms with Crippen LogP contribution in [0.25, 0.3) is 0 Å². The van der Waals surface area contributed by atoms with E-state index in [0.29, 0.717) is 25.9 Å². The molecule has 0 aliphatic heterocycles. The van der Waals surface area contributed by atoms with Crippen molar-refractivity contribution >= 4 is 11.9 Å². The lowest BCUT2D eigenvalue weighted by Gasteiger charge is -2.22. The minimum atomic E-state index is -0.663. The van der Waals surface area contributed by atoms with Crippen LogP contribution in [0.2, 0.25) is 0 Å². The number of hydrogen-bond acceptors (Lipinski definition) is 5. The Morgan fingerprint density at radius 1 is 0.403 bits per heavy atom. The normalized spacial score (nSPS) is 12.6. The maximum absolute atomic E-state index is 12.5. The van der Waals surface area contributed by atoms with Crippen LogP contribution >= 0.6 is 0 Å². The Bertz CT molecular complexity index is 1000. The van der Waals surface area contributed by atoms with E-state index in [2.05, 4.69) is 31.3 Å². The van der Waals surface area contributed by atoms with Crippen LogP contribution < -0.4 is 5.32 Å². The first-order valence-corrected chi connectivity index (χ1v) is 30.4. The number of unbranched alkanes of at least 4 members (excludes halogenated alkanes) is 44. The maximum Gasteiger partial charge on any atom is 0.305 e. The van der Waals surface area contributed by atoms with Crippen LogP contribution in [0, 0.1) is 0 Å². The summed E-state index contributed by atoms with van der Waals surface area (Å²) in [6.45, 7) is 4.96. The van der Waals surface area contributed by atoms with Gasteiger partial charge in [-0.3, -0.25) is 9.59 Å². The number of rotatable bonds is 57. The zero-order chi connectivity index (χ0) is 48.6. The molecule has 0 saturated heterocycles. The molecule has 2 atom stereocenters. The highest BCUT2D eigenvalue weighted by atomic mass is 16.5. The van der Waals surface area contributed by atoms with Gasteiger partial charge in [0.15, 0.2) is 0 Å². The molecule has 0 aromatic rings. The summed E-state index contributed by atoms with van der Waals surface area (Å²) in [6.07, 6.45) is 67.9. The van der Waals surface area contributed by atoms with E-state index >= 15 is 0 Å². The average Bonchev–Trinajstić information content (AvgIpc) is 3.33. The van der Waals surface area contributed by atoms with Crippen LogP contribution in [-0.4, -0.2) is 47.4 Å². The van der Waals surface area contributed by atoms with Crippen LogP contribution in [0.3, 0.4) is 0 Å². The van der Waals surface area contributed by atoms with Gasteiger partial charge in [-0.2, -0.15) is 0 Å². The molecule has 0 saturated carbocycles. The van der Waals surface area contributed by atoms with E-state index in [1.165, 1.54) is 263 Å². The molecule has 6 heteroatoms. The number of aliphatic hydroxyl groups excluding tert-OH is 2. The Morgan fingerprint density at radius 3 is 1.06 bits per heavy atom. The van der Waals surface area contributed by atoms with Crippen molar-refractivity contribution < 1.29 is 24.5 Å². The van der Waals surface area contributed by atoms with Gasteiger partial charge in [0.1, 0.15) is 0 Å². The molecule has 0 bridgehead atoms. The average molecular weight is 947 g/mol. The molecule has 0 radical (unpaired) electrons. The fourth-order valence-electron chi connectivity index (χ4n) is 9.64. The topological polar surface area (TPSA) is 95.9 Å². The summed E-state index contributed by atoms with van der Waals surface area (Å²) in [4.78, 5) is 24.5. The molecule has 0 spiro atoms. The first kappa shape index (κ1) is 65.6. The van der Waals surface area contributed by atoms with Gasteiger partial charge in [-0.1, -0.05) is 289 Å². The molecule has 6 nitrogen and oxygen atoms in total. The number of carbonyl (C=O) groups excluding carboxylic acids is 2. The summed E-state index contributed by atoms with van der Waals surface area (Å²) < 4.78 is 5.49. The van der Waals surface area contributed by atoms with Gasteiger partial charge in [-0.05, 0) is 51.4 Å². The van der Waals surface area contributed by atoms with Gasteiger partial charge >= 0.3 is 5.97 Å². The molecule has 0 aliphatic carbocycles.